The lowest BCUT2D eigenvalue weighted by Gasteiger charge is -2.20. The lowest BCUT2D eigenvalue weighted by Crippen LogP contribution is -2.27. The molecule has 0 aliphatic rings. The molecule has 0 bridgehead atoms. The minimum atomic E-state index is -0.0555. The Labute approximate surface area is 125 Å². The van der Waals surface area contributed by atoms with Gasteiger partial charge in [0.1, 0.15) is 0 Å². The van der Waals surface area contributed by atoms with Gasteiger partial charge in [0.05, 0.1) is 11.6 Å². The van der Waals surface area contributed by atoms with E-state index in [9.17, 15) is 4.79 Å². The van der Waals surface area contributed by atoms with Gasteiger partial charge in [0.25, 0.3) is 5.91 Å². The third kappa shape index (κ3) is 2.95. The molecule has 0 aromatic heterocycles. The van der Waals surface area contributed by atoms with E-state index in [1.54, 1.807) is 30.1 Å². The van der Waals surface area contributed by atoms with E-state index in [1.807, 2.05) is 39.0 Å². The fourth-order valence-corrected chi connectivity index (χ4v) is 2.59. The molecule has 2 aromatic carbocycles. The molecule has 0 radical (unpaired) electrons. The Morgan fingerprint density at radius 1 is 1.10 bits per heavy atom. The molecule has 3 heteroatoms. The van der Waals surface area contributed by atoms with Crippen LogP contribution in [0.4, 0.5) is 5.69 Å². The number of amides is 1. The van der Waals surface area contributed by atoms with Crippen LogP contribution in [0.3, 0.4) is 0 Å². The third-order valence-corrected chi connectivity index (χ3v) is 3.56. The van der Waals surface area contributed by atoms with Crippen LogP contribution in [0.15, 0.2) is 36.4 Å². The first kappa shape index (κ1) is 14.8. The normalized spacial score (nSPS) is 10.0. The Kier molecular flexibility index (Phi) is 4.09. The lowest BCUT2D eigenvalue weighted by molar-refractivity contribution is 0.0992. The van der Waals surface area contributed by atoms with E-state index in [-0.39, 0.29) is 5.91 Å². The van der Waals surface area contributed by atoms with Gasteiger partial charge in [-0.2, -0.15) is 5.26 Å². The van der Waals surface area contributed by atoms with Crippen LogP contribution in [-0.4, -0.2) is 13.0 Å². The quantitative estimate of drug-likeness (QED) is 0.839. The fraction of sp³-hybridized carbons (Fsp3) is 0.222. The van der Waals surface area contributed by atoms with Crippen molar-refractivity contribution in [3.63, 3.8) is 0 Å². The molecule has 0 aliphatic heterocycles. The molecule has 1 amide bonds. The Morgan fingerprint density at radius 3 is 2.29 bits per heavy atom. The molecule has 2 rings (SSSR count). The molecule has 0 heterocycles. The number of rotatable bonds is 2. The average Bonchev–Trinajstić information content (AvgIpc) is 2.45. The first-order valence-corrected chi connectivity index (χ1v) is 6.80. The maximum Gasteiger partial charge on any atom is 0.258 e. The number of benzene rings is 2. The highest BCUT2D eigenvalue weighted by Crippen LogP contribution is 2.22. The van der Waals surface area contributed by atoms with Gasteiger partial charge >= 0.3 is 0 Å². The molecule has 0 N–H and O–H groups in total. The van der Waals surface area contributed by atoms with Gasteiger partial charge in [0.15, 0.2) is 0 Å². The van der Waals surface area contributed by atoms with Gasteiger partial charge in [0, 0.05) is 18.3 Å². The second-order valence-electron chi connectivity index (χ2n) is 5.30. The largest absolute Gasteiger partial charge is 0.311 e. The van der Waals surface area contributed by atoms with Gasteiger partial charge in [-0.1, -0.05) is 23.8 Å². The van der Waals surface area contributed by atoms with E-state index in [0.717, 1.165) is 27.9 Å². The summed E-state index contributed by atoms with van der Waals surface area (Å²) in [4.78, 5) is 14.3. The zero-order valence-corrected chi connectivity index (χ0v) is 12.8. The highest BCUT2D eigenvalue weighted by Gasteiger charge is 2.18. The minimum absolute atomic E-state index is 0.0555. The van der Waals surface area contributed by atoms with Gasteiger partial charge in [0.2, 0.25) is 0 Å². The molecule has 106 valence electrons. The number of hydrogen-bond donors (Lipinski definition) is 0. The van der Waals surface area contributed by atoms with Crippen molar-refractivity contribution in [1.29, 1.82) is 5.26 Å². The predicted octanol–water partition coefficient (Wildman–Crippen LogP) is 3.76. The molecule has 0 spiro atoms. The summed E-state index contributed by atoms with van der Waals surface area (Å²) in [6.07, 6.45) is 0. The Bertz CT molecular complexity index is 718. The van der Waals surface area contributed by atoms with Crippen LogP contribution in [0.2, 0.25) is 0 Å². The molecule has 0 aliphatic carbocycles. The van der Waals surface area contributed by atoms with Crippen molar-refractivity contribution in [3.8, 4) is 6.07 Å². The number of hydrogen-bond acceptors (Lipinski definition) is 2. The summed E-state index contributed by atoms with van der Waals surface area (Å²) in [6, 6.07) is 13.2. The van der Waals surface area contributed by atoms with Crippen molar-refractivity contribution < 1.29 is 4.79 Å². The van der Waals surface area contributed by atoms with Crippen LogP contribution < -0.4 is 4.90 Å². The zero-order chi connectivity index (χ0) is 15.6. The van der Waals surface area contributed by atoms with Crippen molar-refractivity contribution in [1.82, 2.24) is 0 Å². The average molecular weight is 278 g/mol. The van der Waals surface area contributed by atoms with Gasteiger partial charge in [-0.05, 0) is 50.1 Å². The van der Waals surface area contributed by atoms with E-state index in [1.165, 1.54) is 0 Å². The molecular weight excluding hydrogens is 260 g/mol. The number of nitriles is 1. The first-order valence-electron chi connectivity index (χ1n) is 6.80. The first-order chi connectivity index (χ1) is 9.93. The molecule has 0 fully saturated rings. The molecule has 2 aromatic rings. The van der Waals surface area contributed by atoms with Gasteiger partial charge < -0.3 is 4.90 Å². The molecule has 0 saturated heterocycles. The van der Waals surface area contributed by atoms with Crippen molar-refractivity contribution in [2.45, 2.75) is 20.8 Å². The molecule has 0 unspecified atom stereocenters. The molecule has 0 saturated carbocycles. The van der Waals surface area contributed by atoms with Crippen molar-refractivity contribution in [2.75, 3.05) is 11.9 Å². The number of nitrogens with zero attached hydrogens (tertiary/aromatic N) is 2. The Hall–Kier alpha value is -2.60. The topological polar surface area (TPSA) is 44.1 Å². The molecular formula is C18H18N2O. The number of carbonyl (C=O) groups excluding carboxylic acids is 1. The summed E-state index contributed by atoms with van der Waals surface area (Å²) in [6.45, 7) is 5.92. The van der Waals surface area contributed by atoms with E-state index in [0.29, 0.717) is 5.56 Å². The highest BCUT2D eigenvalue weighted by atomic mass is 16.2. The second-order valence-corrected chi connectivity index (χ2v) is 5.30. The zero-order valence-electron chi connectivity index (χ0n) is 12.8. The summed E-state index contributed by atoms with van der Waals surface area (Å²) in [5, 5.41) is 8.96. The minimum Gasteiger partial charge on any atom is -0.311 e. The standard InChI is InChI=1S/C18H18N2O/c1-12-8-13(2)17(14(3)9-12)18(21)20(4)16-7-5-6-15(10-16)11-19/h5-10H,1-4H3. The van der Waals surface area contributed by atoms with Crippen LogP contribution in [0.25, 0.3) is 0 Å². The summed E-state index contributed by atoms with van der Waals surface area (Å²) < 4.78 is 0. The summed E-state index contributed by atoms with van der Waals surface area (Å²) >= 11 is 0. The molecule has 0 atom stereocenters. The summed E-state index contributed by atoms with van der Waals surface area (Å²) in [5.74, 6) is -0.0555. The Morgan fingerprint density at radius 2 is 1.71 bits per heavy atom. The van der Waals surface area contributed by atoms with Gasteiger partial charge in [-0.3, -0.25) is 4.79 Å². The van der Waals surface area contributed by atoms with Crippen molar-refractivity contribution in [3.05, 3.63) is 64.2 Å². The molecule has 21 heavy (non-hydrogen) atoms. The number of aryl methyl sites for hydroxylation is 3. The van der Waals surface area contributed by atoms with Crippen LogP contribution in [0.5, 0.6) is 0 Å². The van der Waals surface area contributed by atoms with Gasteiger partial charge in [-0.15, -0.1) is 0 Å². The van der Waals surface area contributed by atoms with Gasteiger partial charge in [-0.25, -0.2) is 0 Å². The lowest BCUT2D eigenvalue weighted by atomic mass is 9.98. The van der Waals surface area contributed by atoms with Crippen LogP contribution in [-0.2, 0) is 0 Å². The van der Waals surface area contributed by atoms with Crippen molar-refractivity contribution >= 4 is 11.6 Å². The van der Waals surface area contributed by atoms with E-state index >= 15 is 0 Å². The maximum atomic E-state index is 12.7. The number of carbonyl (C=O) groups is 1. The maximum absolute atomic E-state index is 12.7. The Balaban J connectivity index is 2.42. The highest BCUT2D eigenvalue weighted by molar-refractivity contribution is 6.07. The smallest absolute Gasteiger partial charge is 0.258 e. The third-order valence-electron chi connectivity index (χ3n) is 3.56. The van der Waals surface area contributed by atoms with Crippen LogP contribution in [0, 0.1) is 32.1 Å². The van der Waals surface area contributed by atoms with E-state index in [4.69, 9.17) is 5.26 Å². The van der Waals surface area contributed by atoms with Crippen LogP contribution in [0.1, 0.15) is 32.6 Å². The second kappa shape index (κ2) is 5.80. The number of anilines is 1. The monoisotopic (exact) mass is 278 g/mol. The summed E-state index contributed by atoms with van der Waals surface area (Å²) in [7, 11) is 1.73. The van der Waals surface area contributed by atoms with E-state index in [2.05, 4.69) is 6.07 Å². The van der Waals surface area contributed by atoms with Crippen molar-refractivity contribution in [2.24, 2.45) is 0 Å². The van der Waals surface area contributed by atoms with E-state index < -0.39 is 0 Å². The summed E-state index contributed by atoms with van der Waals surface area (Å²) in [5.41, 5.74) is 5.09. The van der Waals surface area contributed by atoms with Crippen LogP contribution >= 0.6 is 0 Å². The molecule has 3 nitrogen and oxygen atoms in total. The SMILES string of the molecule is Cc1cc(C)c(C(=O)N(C)c2cccc(C#N)c2)c(C)c1. The fourth-order valence-electron chi connectivity index (χ4n) is 2.59. The predicted molar refractivity (Wildman–Crippen MR) is 84.5 cm³/mol.